The molecular formula is C20H22ClF2N5O2. The highest BCUT2D eigenvalue weighted by molar-refractivity contribution is 6.30. The first-order valence-corrected chi connectivity index (χ1v) is 10.3. The van der Waals surface area contributed by atoms with Gasteiger partial charge in [-0.15, -0.1) is 0 Å². The van der Waals surface area contributed by atoms with Crippen LogP contribution in [-0.4, -0.2) is 46.1 Å². The molecule has 1 aromatic carbocycles. The highest BCUT2D eigenvalue weighted by Crippen LogP contribution is 2.32. The molecule has 2 aliphatic rings. The highest BCUT2D eigenvalue weighted by Gasteiger charge is 2.39. The number of nitrogens with zero attached hydrogens (tertiary/aromatic N) is 3. The molecule has 7 nitrogen and oxygen atoms in total. The normalized spacial score (nSPS) is 18.9. The van der Waals surface area contributed by atoms with Gasteiger partial charge < -0.3 is 15.1 Å². The fraction of sp³-hybridized carbons (Fsp3) is 0.450. The topological polar surface area (TPSA) is 81.3 Å². The third-order valence-electron chi connectivity index (χ3n) is 5.47. The molecule has 0 bridgehead atoms. The van der Waals surface area contributed by atoms with Gasteiger partial charge in [0.25, 0.3) is 0 Å². The Labute approximate surface area is 177 Å². The monoisotopic (exact) mass is 437 g/mol. The van der Waals surface area contributed by atoms with Crippen LogP contribution in [0.15, 0.2) is 29.2 Å². The van der Waals surface area contributed by atoms with Crippen LogP contribution < -0.4 is 15.9 Å². The van der Waals surface area contributed by atoms with E-state index in [1.54, 1.807) is 21.9 Å². The number of aromatic nitrogens is 2. The number of halogens is 3. The van der Waals surface area contributed by atoms with Gasteiger partial charge in [-0.25, -0.2) is 18.4 Å². The number of carbonyl (C=O) groups excluding carboxylic acids is 1. The van der Waals surface area contributed by atoms with Crippen molar-refractivity contribution in [2.45, 2.75) is 44.3 Å². The Morgan fingerprint density at radius 3 is 2.80 bits per heavy atom. The molecule has 2 amide bonds. The number of aromatic amines is 1. The summed E-state index contributed by atoms with van der Waals surface area (Å²) in [5, 5.41) is 3.09. The summed E-state index contributed by atoms with van der Waals surface area (Å²) in [4.78, 5) is 33.8. The lowest BCUT2D eigenvalue weighted by atomic mass is 10.0. The van der Waals surface area contributed by atoms with E-state index in [0.29, 0.717) is 23.7 Å². The van der Waals surface area contributed by atoms with E-state index in [0.717, 1.165) is 31.9 Å². The maximum absolute atomic E-state index is 14.2. The standard InChI is InChI=1S/C20H22ClF2N5O2/c21-13-4-3-12(16(22)8-13)9-25-20(30)28(14-5-6-14)15-2-1-7-27(11-15)18-17(23)10-24-19(29)26-18/h3-4,8,10,14-15H,1-2,5-7,9,11H2,(H,25,30)(H,24,26,29)/t15-/m1/s1. The van der Waals surface area contributed by atoms with Crippen LogP contribution in [0.25, 0.3) is 0 Å². The zero-order chi connectivity index (χ0) is 21.3. The summed E-state index contributed by atoms with van der Waals surface area (Å²) in [6.45, 7) is 1.02. The number of piperidine rings is 1. The lowest BCUT2D eigenvalue weighted by Gasteiger charge is -2.40. The molecule has 1 saturated carbocycles. The fourth-order valence-corrected chi connectivity index (χ4v) is 4.05. The van der Waals surface area contributed by atoms with Crippen molar-refractivity contribution in [3.05, 3.63) is 57.1 Å². The van der Waals surface area contributed by atoms with Crippen molar-refractivity contribution in [1.29, 1.82) is 0 Å². The SMILES string of the molecule is O=C(NCc1ccc(Cl)cc1F)N(C1CC1)[C@@H]1CCCN(c2[nH]c(=O)ncc2F)C1. The largest absolute Gasteiger partial charge is 0.354 e. The summed E-state index contributed by atoms with van der Waals surface area (Å²) in [5.74, 6) is -0.975. The number of amides is 2. The molecule has 10 heteroatoms. The fourth-order valence-electron chi connectivity index (χ4n) is 3.89. The van der Waals surface area contributed by atoms with Crippen molar-refractivity contribution >= 4 is 23.4 Å². The van der Waals surface area contributed by atoms with Gasteiger partial charge in [0.2, 0.25) is 0 Å². The van der Waals surface area contributed by atoms with Crippen LogP contribution in [-0.2, 0) is 6.54 Å². The summed E-state index contributed by atoms with van der Waals surface area (Å²) >= 11 is 5.77. The molecule has 1 aliphatic carbocycles. The van der Waals surface area contributed by atoms with Crippen LogP contribution in [0.2, 0.25) is 5.02 Å². The molecular weight excluding hydrogens is 416 g/mol. The molecule has 1 aliphatic heterocycles. The van der Waals surface area contributed by atoms with E-state index in [4.69, 9.17) is 11.6 Å². The molecule has 2 aromatic rings. The minimum Gasteiger partial charge on any atom is -0.354 e. The second kappa shape index (κ2) is 8.59. The van der Waals surface area contributed by atoms with E-state index in [1.807, 2.05) is 0 Å². The van der Waals surface area contributed by atoms with E-state index < -0.39 is 17.3 Å². The van der Waals surface area contributed by atoms with Crippen LogP contribution >= 0.6 is 11.6 Å². The quantitative estimate of drug-likeness (QED) is 0.753. The maximum Gasteiger partial charge on any atom is 0.346 e. The van der Waals surface area contributed by atoms with Gasteiger partial charge in [0, 0.05) is 36.3 Å². The molecule has 0 unspecified atom stereocenters. The number of nitrogens with one attached hydrogen (secondary N) is 2. The van der Waals surface area contributed by atoms with Gasteiger partial charge in [0.1, 0.15) is 11.6 Å². The number of urea groups is 1. The molecule has 1 atom stereocenters. The molecule has 30 heavy (non-hydrogen) atoms. The first-order valence-electron chi connectivity index (χ1n) is 9.92. The van der Waals surface area contributed by atoms with E-state index in [9.17, 15) is 18.4 Å². The summed E-state index contributed by atoms with van der Waals surface area (Å²) in [6, 6.07) is 4.04. The zero-order valence-electron chi connectivity index (χ0n) is 16.2. The number of rotatable bonds is 5. The van der Waals surface area contributed by atoms with Gasteiger partial charge in [0.05, 0.1) is 12.2 Å². The van der Waals surface area contributed by atoms with Crippen molar-refractivity contribution < 1.29 is 13.6 Å². The van der Waals surface area contributed by atoms with Gasteiger partial charge in [-0.2, -0.15) is 4.98 Å². The van der Waals surface area contributed by atoms with Crippen molar-refractivity contribution in [2.24, 2.45) is 0 Å². The van der Waals surface area contributed by atoms with Crippen molar-refractivity contribution in [1.82, 2.24) is 20.2 Å². The minimum atomic E-state index is -0.615. The van der Waals surface area contributed by atoms with Crippen LogP contribution in [0.3, 0.4) is 0 Å². The molecule has 0 spiro atoms. The summed E-state index contributed by atoms with van der Waals surface area (Å²) in [7, 11) is 0. The summed E-state index contributed by atoms with van der Waals surface area (Å²) in [5.41, 5.74) is -0.263. The van der Waals surface area contributed by atoms with Gasteiger partial charge >= 0.3 is 11.7 Å². The van der Waals surface area contributed by atoms with Crippen LogP contribution in [0.4, 0.5) is 19.4 Å². The third kappa shape index (κ3) is 4.56. The van der Waals surface area contributed by atoms with E-state index >= 15 is 0 Å². The molecule has 4 rings (SSSR count). The van der Waals surface area contributed by atoms with E-state index in [2.05, 4.69) is 15.3 Å². The molecule has 2 heterocycles. The number of carbonyl (C=O) groups is 1. The second-order valence-electron chi connectivity index (χ2n) is 7.66. The predicted octanol–water partition coefficient (Wildman–Crippen LogP) is 3.04. The maximum atomic E-state index is 14.2. The summed E-state index contributed by atoms with van der Waals surface area (Å²) < 4.78 is 28.2. The predicted molar refractivity (Wildman–Crippen MR) is 109 cm³/mol. The molecule has 2 fully saturated rings. The lowest BCUT2D eigenvalue weighted by molar-refractivity contribution is 0.160. The Bertz CT molecular complexity index is 997. The number of anilines is 1. The summed E-state index contributed by atoms with van der Waals surface area (Å²) in [6.07, 6.45) is 4.23. The van der Waals surface area contributed by atoms with Gasteiger partial charge in [-0.1, -0.05) is 17.7 Å². The number of hydrogen-bond acceptors (Lipinski definition) is 4. The number of hydrogen-bond donors (Lipinski definition) is 2. The Morgan fingerprint density at radius 1 is 1.27 bits per heavy atom. The Morgan fingerprint density at radius 2 is 2.07 bits per heavy atom. The molecule has 1 saturated heterocycles. The van der Waals surface area contributed by atoms with Gasteiger partial charge in [-0.3, -0.25) is 4.98 Å². The molecule has 160 valence electrons. The van der Waals surface area contributed by atoms with Crippen molar-refractivity contribution in [3.63, 3.8) is 0 Å². The first-order chi connectivity index (χ1) is 14.4. The van der Waals surface area contributed by atoms with Crippen LogP contribution in [0, 0.1) is 11.6 Å². The lowest BCUT2D eigenvalue weighted by Crippen LogP contribution is -2.54. The average molecular weight is 438 g/mol. The third-order valence-corrected chi connectivity index (χ3v) is 5.71. The Hall–Kier alpha value is -2.68. The molecule has 1 aromatic heterocycles. The van der Waals surface area contributed by atoms with Crippen LogP contribution in [0.1, 0.15) is 31.2 Å². The molecule has 2 N–H and O–H groups in total. The van der Waals surface area contributed by atoms with Crippen molar-refractivity contribution in [3.8, 4) is 0 Å². The average Bonchev–Trinajstić information content (AvgIpc) is 3.54. The zero-order valence-corrected chi connectivity index (χ0v) is 17.0. The van der Waals surface area contributed by atoms with Gasteiger partial charge in [0.15, 0.2) is 5.82 Å². The first kappa shape index (κ1) is 20.6. The van der Waals surface area contributed by atoms with E-state index in [-0.39, 0.29) is 30.5 Å². The molecule has 0 radical (unpaired) electrons. The van der Waals surface area contributed by atoms with Gasteiger partial charge in [-0.05, 0) is 37.8 Å². The van der Waals surface area contributed by atoms with Crippen molar-refractivity contribution in [2.75, 3.05) is 18.0 Å². The Kier molecular flexibility index (Phi) is 5.90. The second-order valence-corrected chi connectivity index (χ2v) is 8.10. The Balaban J connectivity index is 1.46. The van der Waals surface area contributed by atoms with E-state index in [1.165, 1.54) is 6.07 Å². The van der Waals surface area contributed by atoms with Crippen LogP contribution in [0.5, 0.6) is 0 Å². The highest BCUT2D eigenvalue weighted by atomic mass is 35.5. The smallest absolute Gasteiger partial charge is 0.346 e. The number of H-pyrrole nitrogens is 1. The minimum absolute atomic E-state index is 0.0494. The number of benzene rings is 1.